The number of nitrogens with zero attached hydrogens (tertiary/aromatic N) is 3. The minimum absolute atomic E-state index is 0.106. The number of halogens is 1. The van der Waals surface area contributed by atoms with Crippen molar-refractivity contribution in [3.05, 3.63) is 46.1 Å². The van der Waals surface area contributed by atoms with Crippen LogP contribution in [-0.4, -0.2) is 18.5 Å². The first-order chi connectivity index (χ1) is 9.93. The van der Waals surface area contributed by atoms with Gasteiger partial charge in [0.2, 0.25) is 5.91 Å². The topological polar surface area (TPSA) is 92.1 Å². The van der Waals surface area contributed by atoms with Gasteiger partial charge in [-0.15, -0.1) is 0 Å². The van der Waals surface area contributed by atoms with Gasteiger partial charge in [0, 0.05) is 4.91 Å². The van der Waals surface area contributed by atoms with E-state index in [2.05, 4.69) is 10.0 Å². The van der Waals surface area contributed by atoms with Crippen molar-refractivity contribution in [2.24, 2.45) is 10.5 Å². The number of carbonyl (C=O) groups excluding carboxylic acids is 2. The number of carbonyl (C=O) groups is 2. The van der Waals surface area contributed by atoms with Crippen LogP contribution in [0.5, 0.6) is 0 Å². The van der Waals surface area contributed by atoms with E-state index >= 15 is 0 Å². The lowest BCUT2D eigenvalue weighted by molar-refractivity contribution is -0.159. The second-order valence-corrected chi connectivity index (χ2v) is 4.67. The van der Waals surface area contributed by atoms with Crippen molar-refractivity contribution >= 4 is 11.9 Å². The van der Waals surface area contributed by atoms with E-state index in [0.29, 0.717) is 6.42 Å². The van der Waals surface area contributed by atoms with Crippen LogP contribution in [0.2, 0.25) is 0 Å². The third kappa shape index (κ3) is 4.29. The predicted octanol–water partition coefficient (Wildman–Crippen LogP) is 3.16. The Bertz CT molecular complexity index is 567. The lowest BCUT2D eigenvalue weighted by atomic mass is 9.83. The summed E-state index contributed by atoms with van der Waals surface area (Å²) >= 11 is 0. The van der Waals surface area contributed by atoms with Crippen molar-refractivity contribution in [1.29, 1.82) is 0 Å². The van der Waals surface area contributed by atoms with Crippen molar-refractivity contribution in [3.8, 4) is 0 Å². The zero-order chi connectivity index (χ0) is 15.9. The molecule has 1 aromatic carbocycles. The molecular formula is C14H16FN3O3. The van der Waals surface area contributed by atoms with Crippen LogP contribution >= 0.6 is 0 Å². The van der Waals surface area contributed by atoms with Crippen LogP contribution in [0.15, 0.2) is 29.4 Å². The molecule has 0 N–H and O–H groups in total. The third-order valence-electron chi connectivity index (χ3n) is 3.16. The zero-order valence-corrected chi connectivity index (χ0v) is 11.9. The summed E-state index contributed by atoms with van der Waals surface area (Å²) in [6.45, 7) is 3.12. The van der Waals surface area contributed by atoms with Crippen molar-refractivity contribution in [3.63, 3.8) is 0 Å². The zero-order valence-electron chi connectivity index (χ0n) is 11.9. The molecule has 0 fully saturated rings. The van der Waals surface area contributed by atoms with E-state index in [0.717, 1.165) is 5.56 Å². The summed E-state index contributed by atoms with van der Waals surface area (Å²) in [5.41, 5.74) is 7.59. The quantitative estimate of drug-likeness (QED) is 0.265. The standard InChI is InChI=1S/C14H16FN3O3/c1-3-21-13(20)14(2,12(19)17-18-16)9-8-10-4-6-11(15)7-5-10/h4-7H,3,8-9H2,1-2H3. The van der Waals surface area contributed by atoms with E-state index in [-0.39, 0.29) is 18.8 Å². The molecule has 0 aliphatic carbocycles. The highest BCUT2D eigenvalue weighted by Gasteiger charge is 2.41. The number of hydrogen-bond donors (Lipinski definition) is 0. The maximum Gasteiger partial charge on any atom is 0.319 e. The lowest BCUT2D eigenvalue weighted by Gasteiger charge is -2.23. The average Bonchev–Trinajstić information content (AvgIpc) is 2.46. The Morgan fingerprint density at radius 1 is 1.38 bits per heavy atom. The summed E-state index contributed by atoms with van der Waals surface area (Å²) in [5.74, 6) is -1.98. The van der Waals surface area contributed by atoms with Gasteiger partial charge in [-0.1, -0.05) is 12.1 Å². The maximum atomic E-state index is 12.8. The van der Waals surface area contributed by atoms with Crippen LogP contribution in [0, 0.1) is 11.2 Å². The second-order valence-electron chi connectivity index (χ2n) is 4.67. The van der Waals surface area contributed by atoms with Crippen molar-refractivity contribution in [1.82, 2.24) is 0 Å². The normalized spacial score (nSPS) is 12.9. The van der Waals surface area contributed by atoms with Crippen LogP contribution in [0.25, 0.3) is 10.4 Å². The molecule has 112 valence electrons. The van der Waals surface area contributed by atoms with Crippen molar-refractivity contribution in [2.45, 2.75) is 26.7 Å². The molecule has 1 unspecified atom stereocenters. The number of esters is 1. The van der Waals surface area contributed by atoms with E-state index < -0.39 is 17.3 Å². The molecule has 0 bridgehead atoms. The fraction of sp³-hybridized carbons (Fsp3) is 0.429. The number of aryl methyl sites for hydroxylation is 1. The van der Waals surface area contributed by atoms with Gasteiger partial charge < -0.3 is 4.74 Å². The molecule has 1 rings (SSSR count). The second kappa shape index (κ2) is 7.40. The Morgan fingerprint density at radius 3 is 2.52 bits per heavy atom. The molecule has 1 atom stereocenters. The third-order valence-corrected chi connectivity index (χ3v) is 3.16. The lowest BCUT2D eigenvalue weighted by Crippen LogP contribution is -2.37. The minimum Gasteiger partial charge on any atom is -0.465 e. The molecule has 0 saturated carbocycles. The van der Waals surface area contributed by atoms with Gasteiger partial charge in [-0.2, -0.15) is 0 Å². The number of hydrogen-bond acceptors (Lipinski definition) is 3. The van der Waals surface area contributed by atoms with E-state index in [1.807, 2.05) is 0 Å². The molecule has 0 heterocycles. The van der Waals surface area contributed by atoms with Gasteiger partial charge in [-0.05, 0) is 55.0 Å². The molecule has 1 amide bonds. The van der Waals surface area contributed by atoms with Gasteiger partial charge in [-0.25, -0.2) is 4.39 Å². The molecule has 7 heteroatoms. The smallest absolute Gasteiger partial charge is 0.319 e. The molecule has 1 aromatic rings. The molecule has 6 nitrogen and oxygen atoms in total. The minimum atomic E-state index is -1.55. The summed E-state index contributed by atoms with van der Waals surface area (Å²) in [7, 11) is 0. The van der Waals surface area contributed by atoms with Gasteiger partial charge in [0.15, 0.2) is 0 Å². The van der Waals surface area contributed by atoms with E-state index in [1.165, 1.54) is 19.1 Å². The number of benzene rings is 1. The summed E-state index contributed by atoms with van der Waals surface area (Å²) in [6.07, 6.45) is 0.456. The summed E-state index contributed by atoms with van der Waals surface area (Å²) in [5, 5.41) is 3.01. The van der Waals surface area contributed by atoms with Crippen molar-refractivity contribution < 1.29 is 18.7 Å². The van der Waals surface area contributed by atoms with Gasteiger partial charge in [-0.3, -0.25) is 9.59 Å². The Balaban J connectivity index is 2.91. The highest BCUT2D eigenvalue weighted by molar-refractivity contribution is 6.02. The van der Waals surface area contributed by atoms with Crippen LogP contribution in [-0.2, 0) is 20.7 Å². The summed E-state index contributed by atoms with van der Waals surface area (Å²) < 4.78 is 17.7. The highest BCUT2D eigenvalue weighted by atomic mass is 19.1. The fourth-order valence-electron chi connectivity index (χ4n) is 1.78. The number of amides is 1. The maximum absolute atomic E-state index is 12.8. The molecule has 21 heavy (non-hydrogen) atoms. The van der Waals surface area contributed by atoms with Crippen LogP contribution in [0.3, 0.4) is 0 Å². The van der Waals surface area contributed by atoms with E-state index in [4.69, 9.17) is 10.3 Å². The van der Waals surface area contributed by atoms with Crippen LogP contribution in [0.1, 0.15) is 25.8 Å². The first-order valence-corrected chi connectivity index (χ1v) is 6.45. The van der Waals surface area contributed by atoms with Crippen LogP contribution < -0.4 is 0 Å². The number of azide groups is 1. The molecule has 0 spiro atoms. The Labute approximate surface area is 121 Å². The fourth-order valence-corrected chi connectivity index (χ4v) is 1.78. The van der Waals surface area contributed by atoms with Gasteiger partial charge in [0.1, 0.15) is 11.2 Å². The monoisotopic (exact) mass is 293 g/mol. The Kier molecular flexibility index (Phi) is 5.87. The largest absolute Gasteiger partial charge is 0.465 e. The summed E-state index contributed by atoms with van der Waals surface area (Å²) in [6, 6.07) is 5.73. The highest BCUT2D eigenvalue weighted by Crippen LogP contribution is 2.28. The Hall–Kier alpha value is -2.40. The molecule has 0 saturated heterocycles. The van der Waals surface area contributed by atoms with E-state index in [1.54, 1.807) is 19.1 Å². The predicted molar refractivity (Wildman–Crippen MR) is 73.6 cm³/mol. The average molecular weight is 293 g/mol. The molecular weight excluding hydrogens is 277 g/mol. The van der Waals surface area contributed by atoms with Gasteiger partial charge in [0.05, 0.1) is 6.61 Å². The molecule has 0 aromatic heterocycles. The molecule has 0 aliphatic heterocycles. The van der Waals surface area contributed by atoms with E-state index in [9.17, 15) is 14.0 Å². The number of ether oxygens (including phenoxy) is 1. The molecule has 0 radical (unpaired) electrons. The first-order valence-electron chi connectivity index (χ1n) is 6.45. The van der Waals surface area contributed by atoms with Gasteiger partial charge >= 0.3 is 5.97 Å². The number of rotatable bonds is 6. The van der Waals surface area contributed by atoms with Crippen molar-refractivity contribution in [2.75, 3.05) is 6.61 Å². The summed E-state index contributed by atoms with van der Waals surface area (Å²) in [4.78, 5) is 26.3. The van der Waals surface area contributed by atoms with Gasteiger partial charge in [0.25, 0.3) is 0 Å². The first kappa shape index (κ1) is 16.7. The van der Waals surface area contributed by atoms with Crippen LogP contribution in [0.4, 0.5) is 4.39 Å². The molecule has 0 aliphatic rings. The SMILES string of the molecule is CCOC(=O)C(C)(CCc1ccc(F)cc1)C(=O)N=[N+]=[N-]. The Morgan fingerprint density at radius 2 is 2.00 bits per heavy atom.